The zero-order valence-electron chi connectivity index (χ0n) is 12.4. The molecule has 0 amide bonds. The Morgan fingerprint density at radius 3 is 2.22 bits per heavy atom. The van der Waals surface area contributed by atoms with Crippen molar-refractivity contribution in [2.24, 2.45) is 5.92 Å². The quantitative estimate of drug-likeness (QED) is 0.651. The first-order valence-electron chi connectivity index (χ1n) is 7.83. The van der Waals surface area contributed by atoms with E-state index in [1.807, 2.05) is 0 Å². The molecule has 0 aromatic carbocycles. The van der Waals surface area contributed by atoms with Gasteiger partial charge in [0.05, 0.1) is 0 Å². The van der Waals surface area contributed by atoms with Crippen LogP contribution in [0.3, 0.4) is 0 Å². The highest BCUT2D eigenvalue weighted by atomic mass is 15.2. The molecular formula is C15H31N3. The minimum absolute atomic E-state index is 0.958. The van der Waals surface area contributed by atoms with Crippen molar-refractivity contribution in [3.05, 3.63) is 0 Å². The first kappa shape index (κ1) is 14.3. The highest BCUT2D eigenvalue weighted by Gasteiger charge is 2.17. The fraction of sp³-hybridized carbons (Fsp3) is 1.00. The van der Waals surface area contributed by atoms with E-state index in [1.165, 1.54) is 77.9 Å². The molecule has 18 heavy (non-hydrogen) atoms. The summed E-state index contributed by atoms with van der Waals surface area (Å²) in [7, 11) is 4.58. The van der Waals surface area contributed by atoms with Crippen LogP contribution < -0.4 is 0 Å². The summed E-state index contributed by atoms with van der Waals surface area (Å²) in [6.07, 6.45) is 7.01. The lowest BCUT2D eigenvalue weighted by Crippen LogP contribution is -2.39. The van der Waals surface area contributed by atoms with Crippen molar-refractivity contribution in [1.82, 2.24) is 14.7 Å². The van der Waals surface area contributed by atoms with Gasteiger partial charge in [-0.1, -0.05) is 0 Å². The molecule has 3 heteroatoms. The Kier molecular flexibility index (Phi) is 5.93. The number of fused-ring (bicyclic) bond motifs is 3. The van der Waals surface area contributed by atoms with Crippen molar-refractivity contribution in [2.45, 2.75) is 32.1 Å². The normalized spacial score (nSPS) is 34.3. The molecule has 0 N–H and O–H groups in total. The van der Waals surface area contributed by atoms with Crippen LogP contribution in [-0.4, -0.2) is 74.6 Å². The van der Waals surface area contributed by atoms with Crippen molar-refractivity contribution in [1.29, 1.82) is 0 Å². The van der Waals surface area contributed by atoms with Gasteiger partial charge in [0.25, 0.3) is 0 Å². The Labute approximate surface area is 113 Å². The average Bonchev–Trinajstić information content (AvgIpc) is 2.37. The number of rotatable bonds is 0. The fourth-order valence-electron chi connectivity index (χ4n) is 3.29. The van der Waals surface area contributed by atoms with E-state index in [9.17, 15) is 0 Å². The predicted molar refractivity (Wildman–Crippen MR) is 78.0 cm³/mol. The third kappa shape index (κ3) is 4.87. The summed E-state index contributed by atoms with van der Waals surface area (Å²) in [5.41, 5.74) is 0. The first-order chi connectivity index (χ1) is 8.74. The van der Waals surface area contributed by atoms with Crippen LogP contribution in [0.2, 0.25) is 0 Å². The molecule has 2 saturated heterocycles. The van der Waals surface area contributed by atoms with Crippen molar-refractivity contribution in [3.63, 3.8) is 0 Å². The maximum Gasteiger partial charge on any atom is 0.0109 e. The molecular weight excluding hydrogens is 222 g/mol. The van der Waals surface area contributed by atoms with Crippen molar-refractivity contribution in [3.8, 4) is 0 Å². The molecule has 0 radical (unpaired) electrons. The summed E-state index contributed by atoms with van der Waals surface area (Å²) >= 11 is 0. The summed E-state index contributed by atoms with van der Waals surface area (Å²) in [4.78, 5) is 7.76. The highest BCUT2D eigenvalue weighted by Crippen LogP contribution is 2.19. The minimum atomic E-state index is 0.958. The molecule has 0 saturated carbocycles. The summed E-state index contributed by atoms with van der Waals surface area (Å²) in [6.45, 7) is 9.03. The van der Waals surface area contributed by atoms with Gasteiger partial charge < -0.3 is 14.7 Å². The Hall–Kier alpha value is -0.120. The van der Waals surface area contributed by atoms with E-state index in [-0.39, 0.29) is 0 Å². The Bertz CT molecular complexity index is 208. The zero-order valence-corrected chi connectivity index (χ0v) is 12.4. The third-order valence-corrected chi connectivity index (χ3v) is 4.74. The lowest BCUT2D eigenvalue weighted by molar-refractivity contribution is 0.163. The van der Waals surface area contributed by atoms with Gasteiger partial charge in [0.15, 0.2) is 0 Å². The topological polar surface area (TPSA) is 9.72 Å². The van der Waals surface area contributed by atoms with Gasteiger partial charge in [0, 0.05) is 13.1 Å². The molecule has 2 aliphatic heterocycles. The first-order valence-corrected chi connectivity index (χ1v) is 7.83. The second kappa shape index (κ2) is 7.46. The van der Waals surface area contributed by atoms with E-state index in [4.69, 9.17) is 0 Å². The summed E-state index contributed by atoms with van der Waals surface area (Å²) in [5.74, 6) is 0.958. The zero-order chi connectivity index (χ0) is 12.8. The highest BCUT2D eigenvalue weighted by molar-refractivity contribution is 4.72. The molecule has 0 spiro atoms. The Balaban J connectivity index is 1.95. The largest absolute Gasteiger partial charge is 0.306 e. The second-order valence-corrected chi connectivity index (χ2v) is 6.39. The average molecular weight is 253 g/mol. The summed E-state index contributed by atoms with van der Waals surface area (Å²) in [6, 6.07) is 0. The lowest BCUT2D eigenvalue weighted by atomic mass is 9.94. The van der Waals surface area contributed by atoms with Crippen LogP contribution in [-0.2, 0) is 0 Å². The molecule has 0 aromatic rings. The van der Waals surface area contributed by atoms with Gasteiger partial charge >= 0.3 is 0 Å². The van der Waals surface area contributed by atoms with Crippen LogP contribution in [0.25, 0.3) is 0 Å². The monoisotopic (exact) mass is 253 g/mol. The summed E-state index contributed by atoms with van der Waals surface area (Å²) < 4.78 is 0. The molecule has 0 aromatic heterocycles. The molecule has 2 fully saturated rings. The van der Waals surface area contributed by atoms with Crippen LogP contribution in [0, 0.1) is 5.92 Å². The third-order valence-electron chi connectivity index (χ3n) is 4.74. The molecule has 2 unspecified atom stereocenters. The van der Waals surface area contributed by atoms with Crippen LogP contribution in [0.4, 0.5) is 0 Å². The molecule has 2 rings (SSSR count). The fourth-order valence-corrected chi connectivity index (χ4v) is 3.29. The van der Waals surface area contributed by atoms with Gasteiger partial charge in [-0.2, -0.15) is 0 Å². The SMILES string of the molecule is CN1CCCN2CCC(CCCN(C)CC2)CC1. The van der Waals surface area contributed by atoms with E-state index in [1.54, 1.807) is 0 Å². The van der Waals surface area contributed by atoms with E-state index in [0.717, 1.165) is 5.92 Å². The summed E-state index contributed by atoms with van der Waals surface area (Å²) in [5, 5.41) is 0. The van der Waals surface area contributed by atoms with Gasteiger partial charge in [0.2, 0.25) is 0 Å². The molecule has 2 aliphatic rings. The maximum absolute atomic E-state index is 2.70. The van der Waals surface area contributed by atoms with Gasteiger partial charge in [-0.15, -0.1) is 0 Å². The van der Waals surface area contributed by atoms with E-state index >= 15 is 0 Å². The number of hydrogen-bond donors (Lipinski definition) is 0. The van der Waals surface area contributed by atoms with E-state index in [0.29, 0.717) is 0 Å². The van der Waals surface area contributed by atoms with Gasteiger partial charge in [-0.25, -0.2) is 0 Å². The second-order valence-electron chi connectivity index (χ2n) is 6.39. The number of hydrogen-bond acceptors (Lipinski definition) is 3. The molecule has 0 aliphatic carbocycles. The molecule has 2 heterocycles. The lowest BCUT2D eigenvalue weighted by Gasteiger charge is -2.32. The van der Waals surface area contributed by atoms with E-state index < -0.39 is 0 Å². The van der Waals surface area contributed by atoms with Gasteiger partial charge in [0.1, 0.15) is 0 Å². The van der Waals surface area contributed by atoms with Gasteiger partial charge in [-0.05, 0) is 84.8 Å². The Morgan fingerprint density at radius 1 is 0.611 bits per heavy atom. The molecule has 2 bridgehead atoms. The van der Waals surface area contributed by atoms with Crippen molar-refractivity contribution in [2.75, 3.05) is 59.9 Å². The van der Waals surface area contributed by atoms with Crippen LogP contribution in [0.5, 0.6) is 0 Å². The van der Waals surface area contributed by atoms with E-state index in [2.05, 4.69) is 28.8 Å². The van der Waals surface area contributed by atoms with Gasteiger partial charge in [-0.3, -0.25) is 0 Å². The van der Waals surface area contributed by atoms with Crippen LogP contribution in [0.15, 0.2) is 0 Å². The van der Waals surface area contributed by atoms with Crippen LogP contribution >= 0.6 is 0 Å². The molecule has 106 valence electrons. The minimum Gasteiger partial charge on any atom is -0.306 e. The number of likely N-dealkylation sites (N-methyl/N-ethyl adjacent to an activating group) is 1. The Morgan fingerprint density at radius 2 is 1.33 bits per heavy atom. The number of nitrogens with zero attached hydrogens (tertiary/aromatic N) is 3. The standard InChI is InChI=1S/C15H31N3/c1-16-9-4-10-18-12-7-15(6-11-16)5-3-8-17(2)13-14-18/h15H,3-14H2,1-2H3. The molecule has 2 atom stereocenters. The predicted octanol–water partition coefficient (Wildman–Crippen LogP) is 1.75. The van der Waals surface area contributed by atoms with Crippen molar-refractivity contribution < 1.29 is 0 Å². The molecule has 3 nitrogen and oxygen atoms in total. The smallest absolute Gasteiger partial charge is 0.0109 e. The maximum atomic E-state index is 2.70. The van der Waals surface area contributed by atoms with Crippen molar-refractivity contribution >= 4 is 0 Å². The van der Waals surface area contributed by atoms with Crippen LogP contribution in [0.1, 0.15) is 32.1 Å².